The Kier molecular flexibility index (Phi) is 7.47. The summed E-state index contributed by atoms with van der Waals surface area (Å²) in [5.41, 5.74) is 0.228. The summed E-state index contributed by atoms with van der Waals surface area (Å²) in [6.07, 6.45) is 0.374. The molecule has 0 aliphatic heterocycles. The number of aldehydes is 1. The molecule has 0 saturated heterocycles. The second-order valence-electron chi connectivity index (χ2n) is 4.53. The zero-order valence-electron chi connectivity index (χ0n) is 11.8. The predicted octanol–water partition coefficient (Wildman–Crippen LogP) is 3.44. The van der Waals surface area contributed by atoms with Gasteiger partial charge in [0.2, 0.25) is 0 Å². The molecule has 1 rings (SSSR count). The van der Waals surface area contributed by atoms with Crippen molar-refractivity contribution in [2.45, 2.75) is 13.3 Å². The summed E-state index contributed by atoms with van der Waals surface area (Å²) in [5.74, 6) is -1.61. The van der Waals surface area contributed by atoms with Crippen molar-refractivity contribution in [2.24, 2.45) is 5.92 Å². The molecule has 0 fully saturated rings. The van der Waals surface area contributed by atoms with Gasteiger partial charge in [-0.2, -0.15) is 0 Å². The maximum atomic E-state index is 11.8. The number of carbonyl (C=O) groups is 3. The zero-order chi connectivity index (χ0) is 16.7. The van der Waals surface area contributed by atoms with Crippen LogP contribution in [0.25, 0.3) is 0 Å². The van der Waals surface area contributed by atoms with Gasteiger partial charge in [0.05, 0.1) is 16.8 Å². The van der Waals surface area contributed by atoms with E-state index in [4.69, 9.17) is 9.47 Å². The number of benzene rings is 1. The molecule has 0 heterocycles. The van der Waals surface area contributed by atoms with Gasteiger partial charge in [0.15, 0.2) is 0 Å². The molecule has 0 aliphatic carbocycles. The molecule has 0 aliphatic rings. The Labute approximate surface area is 144 Å². The van der Waals surface area contributed by atoms with E-state index < -0.39 is 17.9 Å². The molecule has 0 amide bonds. The second-order valence-corrected chi connectivity index (χ2v) is 6.30. The van der Waals surface area contributed by atoms with Gasteiger partial charge in [-0.05, 0) is 41.1 Å². The highest BCUT2D eigenvalue weighted by atomic mass is 79.9. The molecule has 0 spiro atoms. The molecule has 22 heavy (non-hydrogen) atoms. The van der Waals surface area contributed by atoms with Gasteiger partial charge < -0.3 is 14.3 Å². The molecule has 1 aromatic carbocycles. The number of hydrogen-bond acceptors (Lipinski definition) is 5. The normalized spacial score (nSPS) is 11.4. The lowest BCUT2D eigenvalue weighted by atomic mass is 10.1. The molecule has 1 atom stereocenters. The van der Waals surface area contributed by atoms with Crippen LogP contribution in [0.4, 0.5) is 0 Å². The van der Waals surface area contributed by atoms with Crippen LogP contribution in [-0.2, 0) is 19.1 Å². The third kappa shape index (κ3) is 6.11. The van der Waals surface area contributed by atoms with Crippen LogP contribution < -0.4 is 4.74 Å². The fraction of sp³-hybridized carbons (Fsp3) is 0.267. The SMILES string of the molecule is C=C(C)C(=O)OCC(C=O)CC(=O)Oc1ccc(Br)cc1Br. The Morgan fingerprint density at radius 1 is 1.36 bits per heavy atom. The van der Waals surface area contributed by atoms with Gasteiger partial charge in [0.1, 0.15) is 18.6 Å². The molecule has 0 aromatic heterocycles. The maximum Gasteiger partial charge on any atom is 0.333 e. The number of halogens is 2. The van der Waals surface area contributed by atoms with Crippen molar-refractivity contribution in [3.8, 4) is 5.75 Å². The van der Waals surface area contributed by atoms with Gasteiger partial charge >= 0.3 is 11.9 Å². The predicted molar refractivity (Wildman–Crippen MR) is 87.4 cm³/mol. The van der Waals surface area contributed by atoms with Crippen molar-refractivity contribution in [3.05, 3.63) is 39.3 Å². The number of rotatable bonds is 7. The fourth-order valence-electron chi connectivity index (χ4n) is 1.39. The van der Waals surface area contributed by atoms with Crippen molar-refractivity contribution < 1.29 is 23.9 Å². The van der Waals surface area contributed by atoms with Gasteiger partial charge in [-0.1, -0.05) is 22.5 Å². The lowest BCUT2D eigenvalue weighted by Crippen LogP contribution is -2.21. The molecule has 5 nitrogen and oxygen atoms in total. The smallest absolute Gasteiger partial charge is 0.333 e. The zero-order valence-corrected chi connectivity index (χ0v) is 15.0. The third-order valence-corrected chi connectivity index (χ3v) is 3.63. The highest BCUT2D eigenvalue weighted by molar-refractivity contribution is 9.11. The van der Waals surface area contributed by atoms with Gasteiger partial charge in [-0.25, -0.2) is 4.79 Å². The van der Waals surface area contributed by atoms with Crippen molar-refractivity contribution in [1.82, 2.24) is 0 Å². The summed E-state index contributed by atoms with van der Waals surface area (Å²) in [5, 5.41) is 0. The third-order valence-electron chi connectivity index (χ3n) is 2.52. The molecule has 1 aromatic rings. The van der Waals surface area contributed by atoms with E-state index in [9.17, 15) is 14.4 Å². The van der Waals surface area contributed by atoms with E-state index in [1.165, 1.54) is 6.92 Å². The Morgan fingerprint density at radius 2 is 2.05 bits per heavy atom. The molecule has 118 valence electrons. The molecular weight excluding hydrogens is 420 g/mol. The number of hydrogen-bond donors (Lipinski definition) is 0. The Morgan fingerprint density at radius 3 is 2.59 bits per heavy atom. The lowest BCUT2D eigenvalue weighted by Gasteiger charge is -2.11. The minimum absolute atomic E-state index is 0.185. The van der Waals surface area contributed by atoms with Crippen molar-refractivity contribution in [2.75, 3.05) is 6.61 Å². The first-order valence-corrected chi connectivity index (χ1v) is 7.85. The Balaban J connectivity index is 2.56. The molecule has 0 radical (unpaired) electrons. The minimum atomic E-state index is -0.759. The number of ether oxygens (including phenoxy) is 2. The quantitative estimate of drug-likeness (QED) is 0.285. The van der Waals surface area contributed by atoms with E-state index in [0.29, 0.717) is 16.5 Å². The van der Waals surface area contributed by atoms with Crippen LogP contribution in [-0.4, -0.2) is 24.8 Å². The summed E-state index contributed by atoms with van der Waals surface area (Å²) in [7, 11) is 0. The standard InChI is InChI=1S/C15H14Br2O5/c1-9(2)15(20)21-8-10(7-18)5-14(19)22-13-4-3-11(16)6-12(13)17/h3-4,6-7,10H,1,5,8H2,2H3. The first-order valence-electron chi connectivity index (χ1n) is 6.27. The summed E-state index contributed by atoms with van der Waals surface area (Å²) in [4.78, 5) is 34.0. The Hall–Kier alpha value is -1.47. The van der Waals surface area contributed by atoms with Gasteiger partial charge in [-0.15, -0.1) is 0 Å². The van der Waals surface area contributed by atoms with Crippen LogP contribution in [0.3, 0.4) is 0 Å². The Bertz CT molecular complexity index is 598. The molecule has 1 unspecified atom stereocenters. The highest BCUT2D eigenvalue weighted by Gasteiger charge is 2.18. The number of esters is 2. The average molecular weight is 434 g/mol. The average Bonchev–Trinajstić information content (AvgIpc) is 2.45. The van der Waals surface area contributed by atoms with Crippen LogP contribution in [0.2, 0.25) is 0 Å². The lowest BCUT2D eigenvalue weighted by molar-refractivity contribution is -0.144. The van der Waals surface area contributed by atoms with Crippen LogP contribution in [0.5, 0.6) is 5.75 Å². The summed E-state index contributed by atoms with van der Waals surface area (Å²) in [6, 6.07) is 5.07. The van der Waals surface area contributed by atoms with Crippen molar-refractivity contribution in [3.63, 3.8) is 0 Å². The summed E-state index contributed by atoms with van der Waals surface area (Å²) in [6.45, 7) is 4.74. The molecule has 7 heteroatoms. The first-order chi connectivity index (χ1) is 10.3. The van der Waals surface area contributed by atoms with Gasteiger partial charge in [0, 0.05) is 10.0 Å². The van der Waals surface area contributed by atoms with E-state index in [1.807, 2.05) is 0 Å². The van der Waals surface area contributed by atoms with E-state index in [2.05, 4.69) is 38.4 Å². The van der Waals surface area contributed by atoms with E-state index in [1.54, 1.807) is 18.2 Å². The maximum absolute atomic E-state index is 11.8. The van der Waals surface area contributed by atoms with Crippen LogP contribution >= 0.6 is 31.9 Å². The number of carbonyl (C=O) groups excluding carboxylic acids is 3. The summed E-state index contributed by atoms with van der Waals surface area (Å²) < 4.78 is 11.5. The highest BCUT2D eigenvalue weighted by Crippen LogP contribution is 2.28. The topological polar surface area (TPSA) is 69.7 Å². The van der Waals surface area contributed by atoms with Gasteiger partial charge in [-0.3, -0.25) is 4.79 Å². The van der Waals surface area contributed by atoms with Crippen LogP contribution in [0.15, 0.2) is 39.3 Å². The van der Waals surface area contributed by atoms with E-state index in [0.717, 1.165) is 4.47 Å². The molecular formula is C15H14Br2O5. The largest absolute Gasteiger partial charge is 0.462 e. The van der Waals surface area contributed by atoms with Crippen LogP contribution in [0, 0.1) is 5.92 Å². The van der Waals surface area contributed by atoms with E-state index >= 15 is 0 Å². The van der Waals surface area contributed by atoms with E-state index in [-0.39, 0.29) is 18.6 Å². The second kappa shape index (κ2) is 8.85. The molecule has 0 bridgehead atoms. The monoisotopic (exact) mass is 432 g/mol. The van der Waals surface area contributed by atoms with Crippen LogP contribution in [0.1, 0.15) is 13.3 Å². The molecule has 0 saturated carbocycles. The van der Waals surface area contributed by atoms with Crippen molar-refractivity contribution >= 4 is 50.1 Å². The fourth-order valence-corrected chi connectivity index (χ4v) is 2.52. The summed E-state index contributed by atoms with van der Waals surface area (Å²) >= 11 is 6.56. The molecule has 0 N–H and O–H groups in total. The minimum Gasteiger partial charge on any atom is -0.462 e. The van der Waals surface area contributed by atoms with Gasteiger partial charge in [0.25, 0.3) is 0 Å². The first kappa shape index (κ1) is 18.6. The van der Waals surface area contributed by atoms with Crippen molar-refractivity contribution in [1.29, 1.82) is 0 Å².